The first-order chi connectivity index (χ1) is 16.5. The summed E-state index contributed by atoms with van der Waals surface area (Å²) in [7, 11) is 0. The Hall–Kier alpha value is -4.72. The number of carbonyl (C=O) groups is 1. The molecule has 34 heavy (non-hydrogen) atoms. The van der Waals surface area contributed by atoms with Gasteiger partial charge in [0.15, 0.2) is 16.9 Å². The molecule has 1 unspecified atom stereocenters. The molecule has 0 bridgehead atoms. The van der Waals surface area contributed by atoms with E-state index in [9.17, 15) is 19.8 Å². The van der Waals surface area contributed by atoms with Crippen LogP contribution >= 0.6 is 0 Å². The number of ether oxygens (including phenoxy) is 1. The molecule has 0 spiro atoms. The fraction of sp³-hybridized carbons (Fsp3) is 0.0769. The number of rotatable bonds is 2. The van der Waals surface area contributed by atoms with Crippen molar-refractivity contribution in [1.82, 2.24) is 9.97 Å². The minimum atomic E-state index is -0.701. The lowest BCUT2D eigenvalue weighted by atomic mass is 9.84. The molecule has 3 heterocycles. The van der Waals surface area contributed by atoms with Crippen LogP contribution in [0.15, 0.2) is 76.2 Å². The Bertz CT molecular complexity index is 1670. The van der Waals surface area contributed by atoms with Crippen LogP contribution in [0.5, 0.6) is 17.2 Å². The second-order valence-corrected chi connectivity index (χ2v) is 7.99. The van der Waals surface area contributed by atoms with Gasteiger partial charge in [-0.3, -0.25) is 19.6 Å². The summed E-state index contributed by atoms with van der Waals surface area (Å²) in [6, 6.07) is 15.7. The fourth-order valence-electron chi connectivity index (χ4n) is 4.51. The molecule has 8 heteroatoms. The standard InChI is InChI=1S/C26H16N2O6/c29-17-12-18(13-5-2-1-3-6-13)33-25-20-15(14-7-4-8-16-22(14)28-10-9-27-16)11-19(30)34-26(20)24(32)23(31)21(17)25/h1-10,12,15,31-32H,11H2. The molecule has 3 aromatic carbocycles. The predicted octanol–water partition coefficient (Wildman–Crippen LogP) is 4.26. The van der Waals surface area contributed by atoms with Crippen molar-refractivity contribution in [2.24, 2.45) is 0 Å². The molecule has 2 N–H and O–H groups in total. The van der Waals surface area contributed by atoms with E-state index in [4.69, 9.17) is 9.15 Å². The molecule has 1 aliphatic rings. The molecule has 8 nitrogen and oxygen atoms in total. The minimum Gasteiger partial charge on any atom is -0.504 e. The Labute approximate surface area is 191 Å². The lowest BCUT2D eigenvalue weighted by Gasteiger charge is -2.27. The van der Waals surface area contributed by atoms with Crippen LogP contribution in [0.1, 0.15) is 23.5 Å². The molecule has 5 aromatic rings. The van der Waals surface area contributed by atoms with Gasteiger partial charge in [-0.1, -0.05) is 42.5 Å². The zero-order valence-electron chi connectivity index (χ0n) is 17.6. The summed E-state index contributed by atoms with van der Waals surface area (Å²) in [5.74, 6) is -2.62. The first-order valence-electron chi connectivity index (χ1n) is 10.5. The van der Waals surface area contributed by atoms with Gasteiger partial charge in [-0.2, -0.15) is 0 Å². The molecule has 0 saturated heterocycles. The number of hydrogen-bond donors (Lipinski definition) is 2. The summed E-state index contributed by atoms with van der Waals surface area (Å²) in [6.45, 7) is 0. The van der Waals surface area contributed by atoms with E-state index < -0.39 is 28.8 Å². The average molecular weight is 452 g/mol. The molecule has 0 fully saturated rings. The summed E-state index contributed by atoms with van der Waals surface area (Å²) in [6.07, 6.45) is 3.04. The van der Waals surface area contributed by atoms with E-state index in [0.29, 0.717) is 22.2 Å². The van der Waals surface area contributed by atoms with E-state index >= 15 is 0 Å². The number of esters is 1. The number of hydrogen-bond acceptors (Lipinski definition) is 8. The lowest BCUT2D eigenvalue weighted by Crippen LogP contribution is -2.22. The second-order valence-electron chi connectivity index (χ2n) is 7.99. The highest BCUT2D eigenvalue weighted by Crippen LogP contribution is 2.52. The molecule has 0 radical (unpaired) electrons. The summed E-state index contributed by atoms with van der Waals surface area (Å²) >= 11 is 0. The van der Waals surface area contributed by atoms with Crippen molar-refractivity contribution in [2.45, 2.75) is 12.3 Å². The highest BCUT2D eigenvalue weighted by molar-refractivity contribution is 5.97. The van der Waals surface area contributed by atoms with Gasteiger partial charge in [0.1, 0.15) is 16.7 Å². The number of carbonyl (C=O) groups excluding carboxylic acids is 1. The molecule has 0 amide bonds. The van der Waals surface area contributed by atoms with Crippen LogP contribution in [0.3, 0.4) is 0 Å². The van der Waals surface area contributed by atoms with Crippen molar-refractivity contribution < 1.29 is 24.2 Å². The SMILES string of the molecule is O=C1CC(c2cccc3nccnc23)c2c(c(O)c(O)c3c(=O)cc(-c4ccccc4)oc23)O1. The third-order valence-electron chi connectivity index (χ3n) is 6.01. The number of aromatic hydroxyl groups is 2. The van der Waals surface area contributed by atoms with Gasteiger partial charge in [-0.15, -0.1) is 0 Å². The Kier molecular flexibility index (Phi) is 4.35. The van der Waals surface area contributed by atoms with Crippen molar-refractivity contribution in [3.63, 3.8) is 0 Å². The van der Waals surface area contributed by atoms with E-state index in [1.165, 1.54) is 6.07 Å². The number of para-hydroxylation sites is 1. The van der Waals surface area contributed by atoms with Gasteiger partial charge in [0.2, 0.25) is 5.75 Å². The Morgan fingerprint density at radius 1 is 0.912 bits per heavy atom. The third kappa shape index (κ3) is 2.92. The maximum atomic E-state index is 13.1. The highest BCUT2D eigenvalue weighted by Gasteiger charge is 2.37. The molecule has 1 aliphatic heterocycles. The summed E-state index contributed by atoms with van der Waals surface area (Å²) < 4.78 is 11.5. The number of phenols is 2. The van der Waals surface area contributed by atoms with Crippen LogP contribution in [0, 0.1) is 0 Å². The second kappa shape index (κ2) is 7.41. The quantitative estimate of drug-likeness (QED) is 0.231. The van der Waals surface area contributed by atoms with Gasteiger partial charge < -0.3 is 19.4 Å². The molecule has 0 aliphatic carbocycles. The largest absolute Gasteiger partial charge is 0.504 e. The first kappa shape index (κ1) is 19.9. The molecule has 6 rings (SSSR count). The van der Waals surface area contributed by atoms with Gasteiger partial charge in [0.05, 0.1) is 23.0 Å². The van der Waals surface area contributed by atoms with Crippen molar-refractivity contribution in [3.8, 4) is 28.6 Å². The molecule has 0 saturated carbocycles. The van der Waals surface area contributed by atoms with Crippen molar-refractivity contribution in [3.05, 3.63) is 88.3 Å². The van der Waals surface area contributed by atoms with Gasteiger partial charge in [-0.25, -0.2) is 0 Å². The average Bonchev–Trinajstić information content (AvgIpc) is 2.86. The van der Waals surface area contributed by atoms with E-state index in [2.05, 4.69) is 9.97 Å². The highest BCUT2D eigenvalue weighted by atomic mass is 16.5. The van der Waals surface area contributed by atoms with Gasteiger partial charge in [0.25, 0.3) is 0 Å². The number of nitrogens with zero attached hydrogens (tertiary/aromatic N) is 2. The maximum Gasteiger partial charge on any atom is 0.312 e. The number of phenolic OH excluding ortho intramolecular Hbond substituents is 2. The summed E-state index contributed by atoms with van der Waals surface area (Å²) in [4.78, 5) is 34.4. The first-order valence-corrected chi connectivity index (χ1v) is 10.5. The molecule has 1 atom stereocenters. The van der Waals surface area contributed by atoms with Crippen LogP contribution in [0.25, 0.3) is 33.3 Å². The van der Waals surface area contributed by atoms with E-state index in [0.717, 1.165) is 0 Å². The van der Waals surface area contributed by atoms with Crippen LogP contribution < -0.4 is 10.2 Å². The maximum absolute atomic E-state index is 13.1. The lowest BCUT2D eigenvalue weighted by molar-refractivity contribution is -0.135. The van der Waals surface area contributed by atoms with Gasteiger partial charge >= 0.3 is 5.97 Å². The fourth-order valence-corrected chi connectivity index (χ4v) is 4.51. The summed E-state index contributed by atoms with van der Waals surface area (Å²) in [5, 5.41) is 21.2. The van der Waals surface area contributed by atoms with Crippen LogP contribution in [-0.2, 0) is 4.79 Å². The summed E-state index contributed by atoms with van der Waals surface area (Å²) in [5.41, 5.74) is 2.29. The van der Waals surface area contributed by atoms with Crippen LogP contribution in [0.4, 0.5) is 0 Å². The van der Waals surface area contributed by atoms with Crippen molar-refractivity contribution >= 4 is 28.0 Å². The monoisotopic (exact) mass is 452 g/mol. The topological polar surface area (TPSA) is 123 Å². The predicted molar refractivity (Wildman–Crippen MR) is 123 cm³/mol. The Morgan fingerprint density at radius 3 is 2.53 bits per heavy atom. The minimum absolute atomic E-state index is 0.0371. The zero-order chi connectivity index (χ0) is 23.4. The van der Waals surface area contributed by atoms with E-state index in [-0.39, 0.29) is 34.5 Å². The van der Waals surface area contributed by atoms with Crippen molar-refractivity contribution in [1.29, 1.82) is 0 Å². The van der Waals surface area contributed by atoms with Crippen LogP contribution in [-0.4, -0.2) is 26.2 Å². The molecular formula is C26H16N2O6. The van der Waals surface area contributed by atoms with Crippen LogP contribution in [0.2, 0.25) is 0 Å². The molecule has 2 aromatic heterocycles. The van der Waals surface area contributed by atoms with E-state index in [1.54, 1.807) is 42.7 Å². The third-order valence-corrected chi connectivity index (χ3v) is 6.01. The smallest absolute Gasteiger partial charge is 0.312 e. The molecule has 166 valence electrons. The number of benzene rings is 3. The molecular weight excluding hydrogens is 436 g/mol. The van der Waals surface area contributed by atoms with E-state index in [1.807, 2.05) is 18.2 Å². The van der Waals surface area contributed by atoms with Gasteiger partial charge in [0, 0.05) is 29.9 Å². The Morgan fingerprint density at radius 2 is 1.71 bits per heavy atom. The van der Waals surface area contributed by atoms with Crippen molar-refractivity contribution in [2.75, 3.05) is 0 Å². The Balaban J connectivity index is 1.73. The number of fused-ring (bicyclic) bond motifs is 4. The normalized spacial score (nSPS) is 15.3. The van der Waals surface area contributed by atoms with Gasteiger partial charge in [-0.05, 0) is 11.6 Å². The zero-order valence-corrected chi connectivity index (χ0v) is 17.6. The number of aromatic nitrogens is 2.